The first kappa shape index (κ1) is 18.6. The Kier molecular flexibility index (Phi) is 5.13. The zero-order valence-electron chi connectivity index (χ0n) is 16.0. The van der Waals surface area contributed by atoms with E-state index in [-0.39, 0.29) is 17.3 Å². The van der Waals surface area contributed by atoms with Gasteiger partial charge in [-0.25, -0.2) is 4.98 Å². The molecule has 4 rings (SSSR count). The SMILES string of the molecule is COc1cc(OC)c2c(-c3ccccc3)cc(S[C@H]3C[C@H](C)OC3=O)nc2c1. The first-order chi connectivity index (χ1) is 13.6. The topological polar surface area (TPSA) is 57.7 Å². The van der Waals surface area contributed by atoms with Gasteiger partial charge in [-0.3, -0.25) is 4.79 Å². The van der Waals surface area contributed by atoms with Crippen molar-refractivity contribution in [1.82, 2.24) is 4.98 Å². The molecule has 0 saturated carbocycles. The minimum absolute atomic E-state index is 0.0563. The molecular weight excluding hydrogens is 374 g/mol. The Labute approximate surface area is 168 Å². The summed E-state index contributed by atoms with van der Waals surface area (Å²) in [7, 11) is 3.26. The maximum Gasteiger partial charge on any atom is 0.319 e. The van der Waals surface area contributed by atoms with Crippen molar-refractivity contribution in [3.05, 3.63) is 48.5 Å². The monoisotopic (exact) mass is 395 g/mol. The van der Waals surface area contributed by atoms with Crippen LogP contribution in [0.2, 0.25) is 0 Å². The van der Waals surface area contributed by atoms with E-state index in [1.54, 1.807) is 14.2 Å². The Morgan fingerprint density at radius 1 is 1.11 bits per heavy atom. The Balaban J connectivity index is 1.89. The smallest absolute Gasteiger partial charge is 0.319 e. The lowest BCUT2D eigenvalue weighted by Gasteiger charge is -2.15. The molecule has 2 heterocycles. The molecule has 1 aliphatic heterocycles. The quantitative estimate of drug-likeness (QED) is 0.583. The van der Waals surface area contributed by atoms with Crippen LogP contribution in [0.3, 0.4) is 0 Å². The van der Waals surface area contributed by atoms with Crippen LogP contribution in [0.1, 0.15) is 13.3 Å². The van der Waals surface area contributed by atoms with Gasteiger partial charge >= 0.3 is 5.97 Å². The minimum Gasteiger partial charge on any atom is -0.497 e. The van der Waals surface area contributed by atoms with E-state index in [1.165, 1.54) is 11.8 Å². The number of fused-ring (bicyclic) bond motifs is 1. The molecule has 1 saturated heterocycles. The first-order valence-corrected chi connectivity index (χ1v) is 9.96. The van der Waals surface area contributed by atoms with E-state index < -0.39 is 0 Å². The van der Waals surface area contributed by atoms with Gasteiger partial charge in [-0.2, -0.15) is 0 Å². The lowest BCUT2D eigenvalue weighted by Crippen LogP contribution is -2.09. The number of aromatic nitrogens is 1. The van der Waals surface area contributed by atoms with Gasteiger partial charge in [0, 0.05) is 18.6 Å². The molecular formula is C22H21NO4S. The standard InChI is InChI=1S/C22H21NO4S/c1-13-9-19(22(24)27-13)28-20-12-16(14-7-5-4-6-8-14)21-17(23-20)10-15(25-2)11-18(21)26-3/h4-8,10-13,19H,9H2,1-3H3/t13-,19-/m0/s1. The van der Waals surface area contributed by atoms with E-state index in [2.05, 4.69) is 12.1 Å². The number of pyridine rings is 1. The van der Waals surface area contributed by atoms with Crippen LogP contribution in [0.25, 0.3) is 22.0 Å². The van der Waals surface area contributed by atoms with Gasteiger partial charge in [-0.1, -0.05) is 42.1 Å². The highest BCUT2D eigenvalue weighted by molar-refractivity contribution is 8.00. The molecule has 0 bridgehead atoms. The maximum absolute atomic E-state index is 12.1. The number of benzene rings is 2. The van der Waals surface area contributed by atoms with Gasteiger partial charge in [0.1, 0.15) is 22.9 Å². The van der Waals surface area contributed by atoms with E-state index >= 15 is 0 Å². The van der Waals surface area contributed by atoms with E-state index in [1.807, 2.05) is 43.3 Å². The number of nitrogens with zero attached hydrogens (tertiary/aromatic N) is 1. The minimum atomic E-state index is -0.240. The zero-order chi connectivity index (χ0) is 19.7. The highest BCUT2D eigenvalue weighted by Gasteiger charge is 2.33. The fourth-order valence-corrected chi connectivity index (χ4v) is 4.58. The van der Waals surface area contributed by atoms with Crippen LogP contribution in [-0.2, 0) is 9.53 Å². The molecule has 5 nitrogen and oxygen atoms in total. The molecule has 0 amide bonds. The van der Waals surface area contributed by atoms with Gasteiger partial charge in [-0.05, 0) is 24.1 Å². The summed E-state index contributed by atoms with van der Waals surface area (Å²) in [6, 6.07) is 15.9. The highest BCUT2D eigenvalue weighted by Crippen LogP contribution is 2.41. The fraction of sp³-hybridized carbons (Fsp3) is 0.273. The molecule has 1 aromatic heterocycles. The maximum atomic E-state index is 12.1. The van der Waals surface area contributed by atoms with Crippen molar-refractivity contribution in [3.8, 4) is 22.6 Å². The van der Waals surface area contributed by atoms with Gasteiger partial charge in [0.05, 0.1) is 30.1 Å². The summed E-state index contributed by atoms with van der Waals surface area (Å²) in [4.78, 5) is 16.9. The molecule has 1 fully saturated rings. The van der Waals surface area contributed by atoms with Crippen LogP contribution < -0.4 is 9.47 Å². The number of esters is 1. The molecule has 0 radical (unpaired) electrons. The molecule has 0 N–H and O–H groups in total. The normalized spacial score (nSPS) is 18.9. The molecule has 2 aromatic carbocycles. The van der Waals surface area contributed by atoms with Crippen molar-refractivity contribution in [2.24, 2.45) is 0 Å². The summed E-state index contributed by atoms with van der Waals surface area (Å²) in [6.45, 7) is 1.91. The van der Waals surface area contributed by atoms with Crippen molar-refractivity contribution in [2.45, 2.75) is 29.7 Å². The van der Waals surface area contributed by atoms with Crippen LogP contribution in [-0.4, -0.2) is 36.5 Å². The van der Waals surface area contributed by atoms with Crippen LogP contribution in [0.4, 0.5) is 0 Å². The van der Waals surface area contributed by atoms with Crippen LogP contribution >= 0.6 is 11.8 Å². The van der Waals surface area contributed by atoms with Gasteiger partial charge < -0.3 is 14.2 Å². The summed E-state index contributed by atoms with van der Waals surface area (Å²) in [6.07, 6.45) is 0.630. The van der Waals surface area contributed by atoms with Crippen molar-refractivity contribution >= 4 is 28.6 Å². The number of carbonyl (C=O) groups excluding carboxylic acids is 1. The number of rotatable bonds is 5. The largest absolute Gasteiger partial charge is 0.497 e. The number of thioether (sulfide) groups is 1. The summed E-state index contributed by atoms with van der Waals surface area (Å²) >= 11 is 1.45. The number of hydrogen-bond donors (Lipinski definition) is 0. The summed E-state index contributed by atoms with van der Waals surface area (Å²) in [5.41, 5.74) is 2.83. The lowest BCUT2D eigenvalue weighted by molar-refractivity contribution is -0.140. The average molecular weight is 395 g/mol. The molecule has 0 unspecified atom stereocenters. The van der Waals surface area contributed by atoms with Crippen LogP contribution in [0.5, 0.6) is 11.5 Å². The third-order valence-electron chi connectivity index (χ3n) is 4.75. The molecule has 1 aliphatic rings. The van der Waals surface area contributed by atoms with E-state index in [0.29, 0.717) is 17.9 Å². The van der Waals surface area contributed by atoms with Crippen molar-refractivity contribution in [3.63, 3.8) is 0 Å². The highest BCUT2D eigenvalue weighted by atomic mass is 32.2. The summed E-state index contributed by atoms with van der Waals surface area (Å²) in [5.74, 6) is 1.20. The van der Waals surface area contributed by atoms with Crippen LogP contribution in [0, 0.1) is 0 Å². The number of methoxy groups -OCH3 is 2. The molecule has 144 valence electrons. The number of cyclic esters (lactones) is 1. The van der Waals surface area contributed by atoms with Crippen molar-refractivity contribution in [2.75, 3.05) is 14.2 Å². The first-order valence-electron chi connectivity index (χ1n) is 9.08. The number of ether oxygens (including phenoxy) is 3. The van der Waals surface area contributed by atoms with E-state index in [9.17, 15) is 4.79 Å². The zero-order valence-corrected chi connectivity index (χ0v) is 16.8. The molecule has 28 heavy (non-hydrogen) atoms. The summed E-state index contributed by atoms with van der Waals surface area (Å²) in [5, 5.41) is 1.45. The van der Waals surface area contributed by atoms with Gasteiger partial charge in [0.2, 0.25) is 0 Å². The van der Waals surface area contributed by atoms with Crippen molar-refractivity contribution in [1.29, 1.82) is 0 Å². The number of carbonyl (C=O) groups is 1. The van der Waals surface area contributed by atoms with E-state index in [4.69, 9.17) is 19.2 Å². The Bertz CT molecular complexity index is 1020. The molecule has 0 aliphatic carbocycles. The fourth-order valence-electron chi connectivity index (χ4n) is 3.43. The predicted molar refractivity (Wildman–Crippen MR) is 110 cm³/mol. The second kappa shape index (κ2) is 7.72. The van der Waals surface area contributed by atoms with Crippen molar-refractivity contribution < 1.29 is 19.0 Å². The Hall–Kier alpha value is -2.73. The van der Waals surface area contributed by atoms with E-state index in [0.717, 1.165) is 27.1 Å². The molecule has 3 aromatic rings. The Morgan fingerprint density at radius 3 is 2.54 bits per heavy atom. The van der Waals surface area contributed by atoms with Gasteiger partial charge in [-0.15, -0.1) is 0 Å². The Morgan fingerprint density at radius 2 is 1.89 bits per heavy atom. The average Bonchev–Trinajstić information content (AvgIpc) is 3.03. The lowest BCUT2D eigenvalue weighted by atomic mass is 10.0. The molecule has 6 heteroatoms. The summed E-state index contributed by atoms with van der Waals surface area (Å²) < 4.78 is 16.3. The van der Waals surface area contributed by atoms with Gasteiger partial charge in [0.15, 0.2) is 0 Å². The molecule has 2 atom stereocenters. The molecule has 0 spiro atoms. The predicted octanol–water partition coefficient (Wildman–Crippen LogP) is 4.72. The van der Waals surface area contributed by atoms with Gasteiger partial charge in [0.25, 0.3) is 0 Å². The third-order valence-corrected chi connectivity index (χ3v) is 5.87. The third kappa shape index (κ3) is 3.52. The van der Waals surface area contributed by atoms with Crippen LogP contribution in [0.15, 0.2) is 53.6 Å². The second-order valence-electron chi connectivity index (χ2n) is 6.69. The second-order valence-corrected chi connectivity index (χ2v) is 7.91. The number of hydrogen-bond acceptors (Lipinski definition) is 6.